The fraction of sp³-hybridized carbons (Fsp3) is 0.615. The standard InChI is InChI=1S/C13H21NO2S/c1-9(11-7-6-8-17-11)14-10(2)12(15)16-13(3,4)5/h6-10,14H,1-5H3. The van der Waals surface area contributed by atoms with E-state index in [0.29, 0.717) is 0 Å². The van der Waals surface area contributed by atoms with Gasteiger partial charge in [-0.2, -0.15) is 0 Å². The highest BCUT2D eigenvalue weighted by Gasteiger charge is 2.23. The summed E-state index contributed by atoms with van der Waals surface area (Å²) in [7, 11) is 0. The van der Waals surface area contributed by atoms with E-state index in [-0.39, 0.29) is 18.1 Å². The Morgan fingerprint density at radius 3 is 2.53 bits per heavy atom. The molecule has 0 saturated carbocycles. The molecule has 0 aliphatic rings. The maximum Gasteiger partial charge on any atom is 0.323 e. The van der Waals surface area contributed by atoms with Gasteiger partial charge in [-0.15, -0.1) is 11.3 Å². The summed E-state index contributed by atoms with van der Waals surface area (Å²) in [6.45, 7) is 9.51. The highest BCUT2D eigenvalue weighted by molar-refractivity contribution is 7.10. The fourth-order valence-electron chi connectivity index (χ4n) is 1.45. The van der Waals surface area contributed by atoms with Gasteiger partial charge in [0.1, 0.15) is 11.6 Å². The van der Waals surface area contributed by atoms with Crippen LogP contribution in [0.4, 0.5) is 0 Å². The van der Waals surface area contributed by atoms with Crippen LogP contribution in [0.25, 0.3) is 0 Å². The van der Waals surface area contributed by atoms with Crippen LogP contribution in [0, 0.1) is 0 Å². The van der Waals surface area contributed by atoms with E-state index in [1.807, 2.05) is 46.1 Å². The number of hydrogen-bond donors (Lipinski definition) is 1. The Hall–Kier alpha value is -0.870. The number of nitrogens with one attached hydrogen (secondary N) is 1. The zero-order chi connectivity index (χ0) is 13.1. The first-order valence-corrected chi connectivity index (χ1v) is 6.70. The molecule has 3 nitrogen and oxygen atoms in total. The van der Waals surface area contributed by atoms with Crippen molar-refractivity contribution >= 4 is 17.3 Å². The Balaban J connectivity index is 2.49. The summed E-state index contributed by atoms with van der Waals surface area (Å²) < 4.78 is 5.32. The van der Waals surface area contributed by atoms with Crippen LogP contribution in [0.2, 0.25) is 0 Å². The number of carbonyl (C=O) groups excluding carboxylic acids is 1. The van der Waals surface area contributed by atoms with Gasteiger partial charge >= 0.3 is 5.97 Å². The third-order valence-corrected chi connectivity index (χ3v) is 3.29. The van der Waals surface area contributed by atoms with Gasteiger partial charge in [-0.25, -0.2) is 0 Å². The number of ether oxygens (including phenoxy) is 1. The van der Waals surface area contributed by atoms with Crippen LogP contribution in [0.15, 0.2) is 17.5 Å². The van der Waals surface area contributed by atoms with E-state index in [0.717, 1.165) is 0 Å². The molecule has 0 bridgehead atoms. The van der Waals surface area contributed by atoms with Gasteiger partial charge in [0, 0.05) is 10.9 Å². The highest BCUT2D eigenvalue weighted by Crippen LogP contribution is 2.19. The van der Waals surface area contributed by atoms with E-state index >= 15 is 0 Å². The second-order valence-electron chi connectivity index (χ2n) is 5.16. The van der Waals surface area contributed by atoms with Crippen molar-refractivity contribution in [3.63, 3.8) is 0 Å². The van der Waals surface area contributed by atoms with Crippen LogP contribution in [-0.4, -0.2) is 17.6 Å². The predicted molar refractivity (Wildman–Crippen MR) is 71.2 cm³/mol. The summed E-state index contributed by atoms with van der Waals surface area (Å²) in [6.07, 6.45) is 0. The molecule has 2 atom stereocenters. The smallest absolute Gasteiger partial charge is 0.323 e. The molecule has 0 fully saturated rings. The van der Waals surface area contributed by atoms with Gasteiger partial charge in [-0.05, 0) is 46.1 Å². The molecule has 17 heavy (non-hydrogen) atoms. The lowest BCUT2D eigenvalue weighted by Crippen LogP contribution is -2.40. The monoisotopic (exact) mass is 255 g/mol. The summed E-state index contributed by atoms with van der Waals surface area (Å²) in [5, 5.41) is 5.27. The zero-order valence-corrected chi connectivity index (χ0v) is 11.9. The molecule has 1 heterocycles. The average Bonchev–Trinajstić information content (AvgIpc) is 2.67. The van der Waals surface area contributed by atoms with Crippen LogP contribution in [-0.2, 0) is 9.53 Å². The van der Waals surface area contributed by atoms with Gasteiger partial charge in [0.2, 0.25) is 0 Å². The van der Waals surface area contributed by atoms with E-state index in [1.54, 1.807) is 11.3 Å². The quantitative estimate of drug-likeness (QED) is 0.840. The van der Waals surface area contributed by atoms with E-state index in [9.17, 15) is 4.79 Å². The van der Waals surface area contributed by atoms with Gasteiger partial charge in [-0.3, -0.25) is 10.1 Å². The second-order valence-corrected chi connectivity index (χ2v) is 6.14. The van der Waals surface area contributed by atoms with Gasteiger partial charge in [0.15, 0.2) is 0 Å². The van der Waals surface area contributed by atoms with Gasteiger partial charge in [-0.1, -0.05) is 6.07 Å². The van der Waals surface area contributed by atoms with Gasteiger partial charge in [0.05, 0.1) is 0 Å². The number of rotatable bonds is 4. The van der Waals surface area contributed by atoms with Crippen molar-refractivity contribution in [1.29, 1.82) is 0 Å². The summed E-state index contributed by atoms with van der Waals surface area (Å²) in [4.78, 5) is 13.0. The minimum absolute atomic E-state index is 0.164. The largest absolute Gasteiger partial charge is 0.459 e. The van der Waals surface area contributed by atoms with E-state index in [1.165, 1.54) is 4.88 Å². The fourth-order valence-corrected chi connectivity index (χ4v) is 2.20. The molecule has 0 aromatic carbocycles. The number of esters is 1. The first-order chi connectivity index (χ1) is 7.79. The van der Waals surface area contributed by atoms with Crippen molar-refractivity contribution in [2.45, 2.75) is 52.3 Å². The van der Waals surface area contributed by atoms with Crippen molar-refractivity contribution in [2.75, 3.05) is 0 Å². The van der Waals surface area contributed by atoms with Crippen molar-refractivity contribution < 1.29 is 9.53 Å². The number of carbonyl (C=O) groups is 1. The lowest BCUT2D eigenvalue weighted by atomic mass is 10.2. The molecule has 96 valence electrons. The Bertz CT molecular complexity index is 354. The molecule has 1 N–H and O–H groups in total. The highest BCUT2D eigenvalue weighted by atomic mass is 32.1. The Morgan fingerprint density at radius 2 is 2.06 bits per heavy atom. The molecule has 4 heteroatoms. The maximum absolute atomic E-state index is 11.8. The third-order valence-electron chi connectivity index (χ3n) is 2.23. The molecule has 1 aromatic heterocycles. The second kappa shape index (κ2) is 5.65. The lowest BCUT2D eigenvalue weighted by molar-refractivity contribution is -0.157. The SMILES string of the molecule is CC(NC(C)c1cccs1)C(=O)OC(C)(C)C. The number of hydrogen-bond acceptors (Lipinski definition) is 4. The van der Waals surface area contributed by atoms with Crippen molar-refractivity contribution in [3.05, 3.63) is 22.4 Å². The molecule has 1 aromatic rings. The third kappa shape index (κ3) is 4.88. The Labute approximate surface area is 107 Å². The van der Waals surface area contributed by atoms with Crippen LogP contribution in [0.1, 0.15) is 45.5 Å². The summed E-state index contributed by atoms with van der Waals surface area (Å²) in [5.41, 5.74) is -0.431. The molecular weight excluding hydrogens is 234 g/mol. The van der Waals surface area contributed by atoms with Crippen molar-refractivity contribution in [1.82, 2.24) is 5.32 Å². The average molecular weight is 255 g/mol. The molecule has 0 spiro atoms. The lowest BCUT2D eigenvalue weighted by Gasteiger charge is -2.24. The van der Waals surface area contributed by atoms with Crippen LogP contribution in [0.3, 0.4) is 0 Å². The Morgan fingerprint density at radius 1 is 1.41 bits per heavy atom. The Kier molecular flexibility index (Phi) is 4.71. The normalized spacial score (nSPS) is 15.4. The van der Waals surface area contributed by atoms with E-state index in [2.05, 4.69) is 11.4 Å². The van der Waals surface area contributed by atoms with Crippen molar-refractivity contribution in [2.24, 2.45) is 0 Å². The summed E-state index contributed by atoms with van der Waals surface area (Å²) in [6, 6.07) is 3.93. The molecular formula is C13H21NO2S. The first kappa shape index (κ1) is 14.2. The van der Waals surface area contributed by atoms with E-state index in [4.69, 9.17) is 4.74 Å². The van der Waals surface area contributed by atoms with Gasteiger partial charge in [0.25, 0.3) is 0 Å². The van der Waals surface area contributed by atoms with Gasteiger partial charge < -0.3 is 4.74 Å². The maximum atomic E-state index is 11.8. The summed E-state index contributed by atoms with van der Waals surface area (Å²) in [5.74, 6) is -0.207. The number of thiophene rings is 1. The summed E-state index contributed by atoms with van der Waals surface area (Å²) >= 11 is 1.68. The molecule has 2 unspecified atom stereocenters. The molecule has 0 saturated heterocycles. The molecule has 0 radical (unpaired) electrons. The van der Waals surface area contributed by atoms with Crippen LogP contribution in [0.5, 0.6) is 0 Å². The van der Waals surface area contributed by atoms with E-state index < -0.39 is 5.60 Å². The molecule has 0 amide bonds. The van der Waals surface area contributed by atoms with Crippen LogP contribution < -0.4 is 5.32 Å². The molecule has 1 rings (SSSR count). The first-order valence-electron chi connectivity index (χ1n) is 5.82. The molecule has 0 aliphatic carbocycles. The molecule has 0 aliphatic heterocycles. The predicted octanol–water partition coefficient (Wildman–Crippen LogP) is 3.13. The van der Waals surface area contributed by atoms with Crippen molar-refractivity contribution in [3.8, 4) is 0 Å². The topological polar surface area (TPSA) is 38.3 Å². The minimum Gasteiger partial charge on any atom is -0.459 e. The zero-order valence-electron chi connectivity index (χ0n) is 11.1. The van der Waals surface area contributed by atoms with Crippen LogP contribution >= 0.6 is 11.3 Å². The minimum atomic E-state index is -0.431.